The number of rotatable bonds is 5. The number of benzene rings is 2. The number of hydrazine groups is 1. The van der Waals surface area contributed by atoms with Crippen molar-refractivity contribution >= 4 is 5.69 Å². The first-order valence-electron chi connectivity index (χ1n) is 6.75. The molecule has 0 saturated carbocycles. The summed E-state index contributed by atoms with van der Waals surface area (Å²) in [6, 6.07) is 18.0. The molecule has 0 amide bonds. The Balaban J connectivity index is 1.64. The van der Waals surface area contributed by atoms with E-state index in [4.69, 9.17) is 4.52 Å². The third-order valence-corrected chi connectivity index (χ3v) is 3.00. The summed E-state index contributed by atoms with van der Waals surface area (Å²) in [4.78, 5) is 4.24. The highest BCUT2D eigenvalue weighted by atomic mass is 16.5. The summed E-state index contributed by atoms with van der Waals surface area (Å²) in [7, 11) is 0. The highest BCUT2D eigenvalue weighted by molar-refractivity contribution is 5.54. The van der Waals surface area contributed by atoms with E-state index >= 15 is 0 Å². The molecular weight excluding hydrogens is 264 g/mol. The third-order valence-electron chi connectivity index (χ3n) is 3.00. The second kappa shape index (κ2) is 6.19. The topological polar surface area (TPSA) is 63.0 Å². The van der Waals surface area contributed by atoms with Crippen molar-refractivity contribution in [2.75, 3.05) is 5.43 Å². The fourth-order valence-electron chi connectivity index (χ4n) is 2.00. The van der Waals surface area contributed by atoms with E-state index in [0.29, 0.717) is 18.3 Å². The standard InChI is InChI=1S/C16H16N4O/c1-12-18-16(21-20-12)14-7-5-6-13(10-14)11-17-19-15-8-3-2-4-9-15/h2-10,17,19H,11H2,1H3. The molecule has 0 aliphatic heterocycles. The lowest BCUT2D eigenvalue weighted by Crippen LogP contribution is -2.20. The zero-order valence-corrected chi connectivity index (χ0v) is 11.7. The van der Waals surface area contributed by atoms with Crippen molar-refractivity contribution in [3.63, 3.8) is 0 Å². The van der Waals surface area contributed by atoms with Crippen LogP contribution in [0.1, 0.15) is 11.4 Å². The van der Waals surface area contributed by atoms with Gasteiger partial charge in [-0.25, -0.2) is 5.43 Å². The van der Waals surface area contributed by atoms with Gasteiger partial charge in [-0.05, 0) is 36.8 Å². The minimum Gasteiger partial charge on any atom is -0.334 e. The number of aromatic nitrogens is 2. The van der Waals surface area contributed by atoms with Gasteiger partial charge in [0, 0.05) is 17.8 Å². The van der Waals surface area contributed by atoms with Gasteiger partial charge in [-0.15, -0.1) is 0 Å². The lowest BCUT2D eigenvalue weighted by Gasteiger charge is -2.08. The molecule has 21 heavy (non-hydrogen) atoms. The lowest BCUT2D eigenvalue weighted by atomic mass is 10.1. The van der Waals surface area contributed by atoms with Gasteiger partial charge in [-0.1, -0.05) is 35.5 Å². The van der Waals surface area contributed by atoms with Crippen LogP contribution in [0.15, 0.2) is 59.1 Å². The van der Waals surface area contributed by atoms with Crippen LogP contribution < -0.4 is 10.9 Å². The van der Waals surface area contributed by atoms with E-state index in [9.17, 15) is 0 Å². The molecule has 2 N–H and O–H groups in total. The molecular formula is C16H16N4O. The van der Waals surface area contributed by atoms with Crippen LogP contribution in [0.5, 0.6) is 0 Å². The first-order valence-corrected chi connectivity index (χ1v) is 6.75. The Labute approximate surface area is 123 Å². The summed E-state index contributed by atoms with van der Waals surface area (Å²) in [5.74, 6) is 1.18. The number of nitrogens with one attached hydrogen (secondary N) is 2. The Morgan fingerprint density at radius 3 is 2.67 bits per heavy atom. The molecule has 5 nitrogen and oxygen atoms in total. The van der Waals surface area contributed by atoms with Crippen molar-refractivity contribution in [2.45, 2.75) is 13.5 Å². The van der Waals surface area contributed by atoms with Gasteiger partial charge in [0.1, 0.15) is 0 Å². The van der Waals surface area contributed by atoms with Gasteiger partial charge in [0.15, 0.2) is 5.82 Å². The maximum absolute atomic E-state index is 5.18. The maximum atomic E-state index is 5.18. The van der Waals surface area contributed by atoms with E-state index in [0.717, 1.165) is 16.8 Å². The highest BCUT2D eigenvalue weighted by Crippen LogP contribution is 2.18. The fourth-order valence-corrected chi connectivity index (χ4v) is 2.00. The normalized spacial score (nSPS) is 10.5. The van der Waals surface area contributed by atoms with E-state index in [1.807, 2.05) is 61.5 Å². The van der Waals surface area contributed by atoms with E-state index in [1.54, 1.807) is 0 Å². The molecule has 5 heteroatoms. The number of para-hydroxylation sites is 1. The molecule has 0 aliphatic rings. The van der Waals surface area contributed by atoms with Crippen LogP contribution in [0.2, 0.25) is 0 Å². The van der Waals surface area contributed by atoms with Crippen LogP contribution in [-0.2, 0) is 6.54 Å². The van der Waals surface area contributed by atoms with Gasteiger partial charge in [-0.3, -0.25) is 0 Å². The van der Waals surface area contributed by atoms with Crippen molar-refractivity contribution < 1.29 is 4.52 Å². The maximum Gasteiger partial charge on any atom is 0.257 e. The van der Waals surface area contributed by atoms with Gasteiger partial charge in [0.2, 0.25) is 0 Å². The Hall–Kier alpha value is -2.66. The minimum absolute atomic E-state index is 0.547. The Morgan fingerprint density at radius 2 is 1.90 bits per heavy atom. The smallest absolute Gasteiger partial charge is 0.257 e. The quantitative estimate of drug-likeness (QED) is 0.703. The number of aryl methyl sites for hydroxylation is 1. The predicted molar refractivity (Wildman–Crippen MR) is 81.4 cm³/mol. The van der Waals surface area contributed by atoms with Gasteiger partial charge in [-0.2, -0.15) is 4.98 Å². The van der Waals surface area contributed by atoms with Crippen LogP contribution in [-0.4, -0.2) is 10.1 Å². The van der Waals surface area contributed by atoms with Crippen LogP contribution in [0, 0.1) is 6.92 Å². The van der Waals surface area contributed by atoms with E-state index in [-0.39, 0.29) is 0 Å². The molecule has 106 valence electrons. The molecule has 0 atom stereocenters. The van der Waals surface area contributed by atoms with Crippen molar-refractivity contribution in [2.24, 2.45) is 0 Å². The van der Waals surface area contributed by atoms with Gasteiger partial charge in [0.25, 0.3) is 5.89 Å². The molecule has 0 radical (unpaired) electrons. The number of hydrogen-bond donors (Lipinski definition) is 2. The number of hydrogen-bond acceptors (Lipinski definition) is 5. The summed E-state index contributed by atoms with van der Waals surface area (Å²) in [5, 5.41) is 3.81. The Morgan fingerprint density at radius 1 is 1.05 bits per heavy atom. The number of anilines is 1. The average molecular weight is 280 g/mol. The molecule has 0 aliphatic carbocycles. The molecule has 0 unspecified atom stereocenters. The fraction of sp³-hybridized carbons (Fsp3) is 0.125. The van der Waals surface area contributed by atoms with Crippen molar-refractivity contribution in [3.05, 3.63) is 66.0 Å². The van der Waals surface area contributed by atoms with E-state index in [1.165, 1.54) is 0 Å². The summed E-state index contributed by atoms with van der Waals surface area (Å²) in [5.41, 5.74) is 9.43. The average Bonchev–Trinajstić information content (AvgIpc) is 2.95. The summed E-state index contributed by atoms with van der Waals surface area (Å²) in [6.45, 7) is 2.50. The van der Waals surface area contributed by atoms with Crippen molar-refractivity contribution in [1.82, 2.24) is 15.6 Å². The first kappa shape index (κ1) is 13.3. The highest BCUT2D eigenvalue weighted by Gasteiger charge is 2.06. The third kappa shape index (κ3) is 3.46. The summed E-state index contributed by atoms with van der Waals surface area (Å²) in [6.07, 6.45) is 0. The molecule has 0 fully saturated rings. The molecule has 0 bridgehead atoms. The van der Waals surface area contributed by atoms with Crippen LogP contribution in [0.3, 0.4) is 0 Å². The van der Waals surface area contributed by atoms with Gasteiger partial charge in [0.05, 0.1) is 0 Å². The molecule has 2 aromatic carbocycles. The number of nitrogens with zero attached hydrogens (tertiary/aromatic N) is 2. The first-order chi connectivity index (χ1) is 10.3. The molecule has 1 heterocycles. The summed E-state index contributed by atoms with van der Waals surface area (Å²) < 4.78 is 5.18. The van der Waals surface area contributed by atoms with Crippen LogP contribution in [0.25, 0.3) is 11.5 Å². The Kier molecular flexibility index (Phi) is 3.93. The van der Waals surface area contributed by atoms with Gasteiger partial charge >= 0.3 is 0 Å². The molecule has 3 aromatic rings. The predicted octanol–water partition coefficient (Wildman–Crippen LogP) is 3.16. The largest absolute Gasteiger partial charge is 0.334 e. The van der Waals surface area contributed by atoms with Crippen molar-refractivity contribution in [1.29, 1.82) is 0 Å². The monoisotopic (exact) mass is 280 g/mol. The molecule has 0 spiro atoms. The Bertz CT molecular complexity index is 709. The van der Waals surface area contributed by atoms with Crippen molar-refractivity contribution in [3.8, 4) is 11.5 Å². The SMILES string of the molecule is Cc1noc(-c2cccc(CNNc3ccccc3)c2)n1. The van der Waals surface area contributed by atoms with E-state index < -0.39 is 0 Å². The minimum atomic E-state index is 0.547. The second-order valence-electron chi connectivity index (χ2n) is 4.69. The van der Waals surface area contributed by atoms with Crippen LogP contribution >= 0.6 is 0 Å². The van der Waals surface area contributed by atoms with Gasteiger partial charge < -0.3 is 9.95 Å². The molecule has 1 aromatic heterocycles. The lowest BCUT2D eigenvalue weighted by molar-refractivity contribution is 0.425. The second-order valence-corrected chi connectivity index (χ2v) is 4.69. The molecule has 3 rings (SSSR count). The zero-order valence-electron chi connectivity index (χ0n) is 11.7. The van der Waals surface area contributed by atoms with E-state index in [2.05, 4.69) is 21.0 Å². The molecule has 0 saturated heterocycles. The van der Waals surface area contributed by atoms with Crippen LogP contribution in [0.4, 0.5) is 5.69 Å². The zero-order chi connectivity index (χ0) is 14.5. The summed E-state index contributed by atoms with van der Waals surface area (Å²) >= 11 is 0.